The highest BCUT2D eigenvalue weighted by atomic mass is 79.9. The number of benzene rings is 2. The summed E-state index contributed by atoms with van der Waals surface area (Å²) in [5.74, 6) is -0.523. The molecule has 10 nitrogen and oxygen atoms in total. The van der Waals surface area contributed by atoms with E-state index in [0.717, 1.165) is 57.6 Å². The van der Waals surface area contributed by atoms with E-state index < -0.39 is 20.9 Å². The van der Waals surface area contributed by atoms with Crippen LogP contribution in [0.2, 0.25) is 0 Å². The molecule has 1 fully saturated rings. The Morgan fingerprint density at radius 2 is 1.82 bits per heavy atom. The van der Waals surface area contributed by atoms with Gasteiger partial charge in [-0.05, 0) is 61.4 Å². The van der Waals surface area contributed by atoms with E-state index in [2.05, 4.69) is 26.0 Å². The molecular formula is C26H24BrN5O5S3. The second-order valence-electron chi connectivity index (χ2n) is 9.24. The Hall–Kier alpha value is -3.04. The first-order valence-corrected chi connectivity index (χ1v) is 16.3. The Balaban J connectivity index is 1.45. The number of thiophene rings is 1. The van der Waals surface area contributed by atoms with Crippen LogP contribution in [0.5, 0.6) is 0 Å². The number of fused-ring (bicyclic) bond motifs is 1. The van der Waals surface area contributed by atoms with Gasteiger partial charge in [0.1, 0.15) is 0 Å². The first-order valence-electron chi connectivity index (χ1n) is 12.4. The molecule has 2 heterocycles. The summed E-state index contributed by atoms with van der Waals surface area (Å²) >= 11 is 5.63. The zero-order valence-electron chi connectivity index (χ0n) is 21.3. The second-order valence-corrected chi connectivity index (χ2v) is 14.3. The maximum absolute atomic E-state index is 13.7. The summed E-state index contributed by atoms with van der Waals surface area (Å²) < 4.78 is 29.6. The second kappa shape index (κ2) is 11.8. The first-order chi connectivity index (χ1) is 19.1. The topological polar surface area (TPSA) is 126 Å². The molecule has 1 amide bonds. The molecule has 0 unspecified atom stereocenters. The summed E-state index contributed by atoms with van der Waals surface area (Å²) in [4.78, 5) is 29.4. The minimum Gasteiger partial charge on any atom is -0.267 e. The molecule has 0 aliphatic heterocycles. The van der Waals surface area contributed by atoms with Gasteiger partial charge < -0.3 is 0 Å². The Labute approximate surface area is 247 Å². The first kappa shape index (κ1) is 28.5. The quantitative estimate of drug-likeness (QED) is 0.118. The van der Waals surface area contributed by atoms with E-state index >= 15 is 0 Å². The lowest BCUT2D eigenvalue weighted by Gasteiger charge is -2.30. The van der Waals surface area contributed by atoms with Gasteiger partial charge in [0.2, 0.25) is 15.2 Å². The maximum atomic E-state index is 13.7. The van der Waals surface area contributed by atoms with Crippen molar-refractivity contribution in [3.8, 4) is 0 Å². The van der Waals surface area contributed by atoms with Crippen molar-refractivity contribution in [2.75, 3.05) is 12.1 Å². The van der Waals surface area contributed by atoms with Crippen LogP contribution < -0.4 is 5.01 Å². The minimum atomic E-state index is -3.72. The van der Waals surface area contributed by atoms with Crippen molar-refractivity contribution in [1.82, 2.24) is 9.29 Å². The molecule has 0 spiro atoms. The van der Waals surface area contributed by atoms with Crippen molar-refractivity contribution in [2.45, 2.75) is 43.0 Å². The third kappa shape index (κ3) is 6.00. The molecule has 5 rings (SSSR count). The van der Waals surface area contributed by atoms with E-state index in [0.29, 0.717) is 15.5 Å². The number of hydrogen-bond acceptors (Lipinski definition) is 9. The highest BCUT2D eigenvalue weighted by Crippen LogP contribution is 2.33. The number of aromatic nitrogens is 1. The molecule has 2 aromatic carbocycles. The predicted octanol–water partition coefficient (Wildman–Crippen LogP) is 6.66. The van der Waals surface area contributed by atoms with Crippen LogP contribution >= 0.6 is 38.6 Å². The smallest absolute Gasteiger partial charge is 0.267 e. The van der Waals surface area contributed by atoms with E-state index in [1.807, 2.05) is 18.2 Å². The summed E-state index contributed by atoms with van der Waals surface area (Å²) in [5, 5.41) is 16.8. The molecule has 2 aromatic heterocycles. The lowest BCUT2D eigenvalue weighted by Crippen LogP contribution is -2.38. The number of amides is 1. The van der Waals surface area contributed by atoms with Crippen LogP contribution in [0.4, 0.5) is 10.1 Å². The molecule has 0 saturated heterocycles. The average Bonchev–Trinajstić information content (AvgIpc) is 3.60. The van der Waals surface area contributed by atoms with Gasteiger partial charge >= 0.3 is 5.00 Å². The van der Waals surface area contributed by atoms with Gasteiger partial charge in [-0.25, -0.2) is 13.4 Å². The van der Waals surface area contributed by atoms with Gasteiger partial charge in [-0.3, -0.25) is 14.9 Å². The van der Waals surface area contributed by atoms with Crippen LogP contribution in [-0.2, 0) is 10.0 Å². The number of halogens is 1. The lowest BCUT2D eigenvalue weighted by atomic mass is 9.96. The summed E-state index contributed by atoms with van der Waals surface area (Å²) in [5.41, 5.74) is 0.893. The molecule has 0 N–H and O–H groups in total. The zero-order chi connectivity index (χ0) is 28.4. The molecule has 0 atom stereocenters. The molecule has 40 heavy (non-hydrogen) atoms. The standard InChI is InChI=1S/C26H24BrN5O5S3/c1-30(19-5-3-2-4-6-19)40(36,37)21-11-7-17(8-12-21)25(33)31(28-16-20-10-14-24(38-20)32(34)35)26-29-22-13-9-18(27)15-23(22)39-26/h7-16,19H,2-6H2,1H3/b28-16+. The summed E-state index contributed by atoms with van der Waals surface area (Å²) in [6.07, 6.45) is 6.19. The van der Waals surface area contributed by atoms with Crippen molar-refractivity contribution in [2.24, 2.45) is 5.10 Å². The highest BCUT2D eigenvalue weighted by Gasteiger charge is 2.29. The fourth-order valence-corrected chi connectivity index (χ4v) is 8.07. The molecule has 1 saturated carbocycles. The molecule has 0 radical (unpaired) electrons. The van der Waals surface area contributed by atoms with Gasteiger partial charge in [0.25, 0.3) is 5.91 Å². The van der Waals surface area contributed by atoms with Crippen molar-refractivity contribution >= 4 is 81.1 Å². The van der Waals surface area contributed by atoms with E-state index in [9.17, 15) is 23.3 Å². The third-order valence-corrected chi connectivity index (χ3v) is 11.1. The van der Waals surface area contributed by atoms with Crippen LogP contribution in [0.25, 0.3) is 10.2 Å². The molecule has 0 bridgehead atoms. The number of nitrogens with zero attached hydrogens (tertiary/aromatic N) is 5. The number of hydrazone groups is 1. The van der Waals surface area contributed by atoms with Gasteiger partial charge in [-0.15, -0.1) is 0 Å². The number of carbonyl (C=O) groups is 1. The maximum Gasteiger partial charge on any atom is 0.324 e. The van der Waals surface area contributed by atoms with Crippen LogP contribution in [0.15, 0.2) is 69.1 Å². The average molecular weight is 663 g/mol. The van der Waals surface area contributed by atoms with E-state index in [1.54, 1.807) is 13.1 Å². The highest BCUT2D eigenvalue weighted by molar-refractivity contribution is 9.10. The van der Waals surface area contributed by atoms with Gasteiger partial charge in [0.05, 0.1) is 31.1 Å². The molecular weight excluding hydrogens is 638 g/mol. The van der Waals surface area contributed by atoms with E-state index in [1.165, 1.54) is 52.2 Å². The Morgan fingerprint density at radius 1 is 1.10 bits per heavy atom. The monoisotopic (exact) mass is 661 g/mol. The fourth-order valence-electron chi connectivity index (χ4n) is 4.49. The van der Waals surface area contributed by atoms with Crippen LogP contribution in [0.3, 0.4) is 0 Å². The largest absolute Gasteiger partial charge is 0.324 e. The third-order valence-electron chi connectivity index (χ3n) is 6.67. The normalized spacial score (nSPS) is 14.8. The Bertz CT molecular complexity index is 1700. The van der Waals surface area contributed by atoms with Gasteiger partial charge in [0.15, 0.2) is 0 Å². The Morgan fingerprint density at radius 3 is 2.50 bits per heavy atom. The minimum absolute atomic E-state index is 0.0305. The zero-order valence-corrected chi connectivity index (χ0v) is 25.3. The van der Waals surface area contributed by atoms with Crippen molar-refractivity contribution in [1.29, 1.82) is 0 Å². The molecule has 1 aliphatic rings. The number of rotatable bonds is 8. The van der Waals surface area contributed by atoms with E-state index in [4.69, 9.17) is 0 Å². The molecule has 208 valence electrons. The molecule has 1 aliphatic carbocycles. The number of hydrogen-bond donors (Lipinski definition) is 0. The fraction of sp³-hybridized carbons (Fsp3) is 0.269. The van der Waals surface area contributed by atoms with Gasteiger partial charge in [-0.1, -0.05) is 57.9 Å². The van der Waals surface area contributed by atoms with E-state index in [-0.39, 0.29) is 21.5 Å². The number of anilines is 1. The van der Waals surface area contributed by atoms with Crippen molar-refractivity contribution in [3.63, 3.8) is 0 Å². The Kier molecular flexibility index (Phi) is 8.42. The summed E-state index contributed by atoms with van der Waals surface area (Å²) in [7, 11) is -2.10. The molecule has 14 heteroatoms. The molecule has 4 aromatic rings. The summed E-state index contributed by atoms with van der Waals surface area (Å²) in [6, 6.07) is 14.2. The number of thiazole rings is 1. The number of carbonyl (C=O) groups excluding carboxylic acids is 1. The van der Waals surface area contributed by atoms with Gasteiger partial charge in [-0.2, -0.15) is 14.4 Å². The number of nitro groups is 1. The van der Waals surface area contributed by atoms with Crippen LogP contribution in [0.1, 0.15) is 47.3 Å². The van der Waals surface area contributed by atoms with Gasteiger partial charge in [0, 0.05) is 29.2 Å². The lowest BCUT2D eigenvalue weighted by molar-refractivity contribution is -0.380. The summed E-state index contributed by atoms with van der Waals surface area (Å²) in [6.45, 7) is 0. The van der Waals surface area contributed by atoms with Crippen LogP contribution in [0, 0.1) is 10.1 Å². The predicted molar refractivity (Wildman–Crippen MR) is 161 cm³/mol. The van der Waals surface area contributed by atoms with Crippen LogP contribution in [-0.4, -0.2) is 47.8 Å². The van der Waals surface area contributed by atoms with Crippen molar-refractivity contribution < 1.29 is 18.1 Å². The number of sulfonamides is 1. The SMILES string of the molecule is CN(C1CCCCC1)S(=O)(=O)c1ccc(C(=O)N(/N=C/c2ccc([N+](=O)[O-])s2)c2nc3ccc(Br)cc3s2)cc1. The van der Waals surface area contributed by atoms with Crippen molar-refractivity contribution in [3.05, 3.63) is 79.6 Å².